The van der Waals surface area contributed by atoms with E-state index in [0.29, 0.717) is 17.0 Å². The van der Waals surface area contributed by atoms with Crippen LogP contribution in [0.25, 0.3) is 0 Å². The Labute approximate surface area is 104 Å². The van der Waals surface area contributed by atoms with Gasteiger partial charge in [0, 0.05) is 24.0 Å². The maximum absolute atomic E-state index is 11.4. The molecule has 0 N–H and O–H groups in total. The highest BCUT2D eigenvalue weighted by Crippen LogP contribution is 2.22. The van der Waals surface area contributed by atoms with Crippen LogP contribution in [0, 0.1) is 0 Å². The van der Waals surface area contributed by atoms with Crippen molar-refractivity contribution in [3.63, 3.8) is 0 Å². The number of hydrogen-bond donors (Lipinski definition) is 0. The van der Waals surface area contributed by atoms with E-state index in [0.717, 1.165) is 5.69 Å². The Kier molecular flexibility index (Phi) is 4.20. The molecule has 0 bridgehead atoms. The number of benzene rings is 1. The average molecular weight is 255 g/mol. The van der Waals surface area contributed by atoms with Gasteiger partial charge in [-0.15, -0.1) is 0 Å². The van der Waals surface area contributed by atoms with Gasteiger partial charge in [-0.2, -0.15) is 0 Å². The zero-order valence-electron chi connectivity index (χ0n) is 11.1. The molecule has 0 amide bonds. The molecule has 1 rings (SSSR count). The van der Waals surface area contributed by atoms with Crippen LogP contribution in [0.5, 0.6) is 0 Å². The second-order valence-electron chi connectivity index (χ2n) is 4.86. The van der Waals surface area contributed by atoms with Crippen LogP contribution in [0.2, 0.25) is 0 Å². The van der Waals surface area contributed by atoms with Crippen LogP contribution < -0.4 is 4.90 Å². The molecule has 0 heterocycles. The second-order valence-corrected chi connectivity index (χ2v) is 6.88. The summed E-state index contributed by atoms with van der Waals surface area (Å²) in [7, 11) is -3.10. The molecule has 0 spiro atoms. The highest BCUT2D eigenvalue weighted by atomic mass is 32.2. The molecule has 3 nitrogen and oxygen atoms in total. The number of hydrogen-bond acceptors (Lipinski definition) is 3. The van der Waals surface area contributed by atoms with Gasteiger partial charge in [0.05, 0.1) is 4.90 Å². The van der Waals surface area contributed by atoms with E-state index in [1.807, 2.05) is 12.1 Å². The lowest BCUT2D eigenvalue weighted by Gasteiger charge is -2.33. The van der Waals surface area contributed by atoms with E-state index < -0.39 is 9.84 Å². The normalized spacial score (nSPS) is 12.2. The third-order valence-corrected chi connectivity index (χ3v) is 3.80. The molecule has 0 fully saturated rings. The Hall–Kier alpha value is -1.03. The van der Waals surface area contributed by atoms with Crippen LogP contribution >= 0.6 is 0 Å². The van der Waals surface area contributed by atoms with Crippen LogP contribution in [-0.2, 0) is 9.84 Å². The molecule has 0 aliphatic rings. The lowest BCUT2D eigenvalue weighted by atomic mass is 10.2. The van der Waals surface area contributed by atoms with Crippen LogP contribution in [0.4, 0.5) is 5.69 Å². The lowest BCUT2D eigenvalue weighted by Crippen LogP contribution is -2.36. The molecule has 0 aromatic heterocycles. The van der Waals surface area contributed by atoms with Gasteiger partial charge in [-0.05, 0) is 52.0 Å². The van der Waals surface area contributed by atoms with Gasteiger partial charge in [0.25, 0.3) is 0 Å². The SMILES string of the molecule is CC(C)N(c1ccc(S(C)(=O)=O)cc1)C(C)C. The number of sulfone groups is 1. The molecule has 0 atom stereocenters. The van der Waals surface area contributed by atoms with Crippen molar-refractivity contribution in [2.24, 2.45) is 0 Å². The molecule has 0 saturated carbocycles. The summed E-state index contributed by atoms with van der Waals surface area (Å²) in [4.78, 5) is 2.63. The third-order valence-electron chi connectivity index (χ3n) is 2.68. The van der Waals surface area contributed by atoms with Crippen molar-refractivity contribution in [1.82, 2.24) is 0 Å². The Morgan fingerprint density at radius 1 is 0.941 bits per heavy atom. The van der Waals surface area contributed by atoms with Crippen molar-refractivity contribution in [2.75, 3.05) is 11.2 Å². The minimum absolute atomic E-state index is 0.369. The van der Waals surface area contributed by atoms with Crippen LogP contribution in [-0.4, -0.2) is 26.8 Å². The summed E-state index contributed by atoms with van der Waals surface area (Å²) in [5.41, 5.74) is 1.06. The minimum Gasteiger partial charge on any atom is -0.367 e. The van der Waals surface area contributed by atoms with Crippen LogP contribution in [0.15, 0.2) is 29.2 Å². The van der Waals surface area contributed by atoms with Crippen molar-refractivity contribution in [2.45, 2.75) is 44.7 Å². The fourth-order valence-corrected chi connectivity index (χ4v) is 2.69. The molecule has 1 aromatic rings. The standard InChI is InChI=1S/C13H21NO2S/c1-10(2)14(11(3)4)12-6-8-13(9-7-12)17(5,15)16/h6-11H,1-5H3. The summed E-state index contributed by atoms with van der Waals surface area (Å²) < 4.78 is 22.7. The molecular weight excluding hydrogens is 234 g/mol. The van der Waals surface area contributed by atoms with Gasteiger partial charge in [0.15, 0.2) is 9.84 Å². The summed E-state index contributed by atoms with van der Waals surface area (Å²) >= 11 is 0. The van der Waals surface area contributed by atoms with E-state index >= 15 is 0 Å². The van der Waals surface area contributed by atoms with Crippen molar-refractivity contribution < 1.29 is 8.42 Å². The Morgan fingerprint density at radius 3 is 1.65 bits per heavy atom. The fourth-order valence-electron chi connectivity index (χ4n) is 2.06. The van der Waals surface area contributed by atoms with Crippen molar-refractivity contribution in [3.05, 3.63) is 24.3 Å². The molecule has 0 saturated heterocycles. The molecular formula is C13H21NO2S. The monoisotopic (exact) mass is 255 g/mol. The molecule has 4 heteroatoms. The topological polar surface area (TPSA) is 37.4 Å². The largest absolute Gasteiger partial charge is 0.367 e. The van der Waals surface area contributed by atoms with Gasteiger partial charge in [-0.1, -0.05) is 0 Å². The summed E-state index contributed by atoms with van der Waals surface area (Å²) in [6, 6.07) is 7.86. The van der Waals surface area contributed by atoms with E-state index in [9.17, 15) is 8.42 Å². The number of anilines is 1. The molecule has 1 aromatic carbocycles. The lowest BCUT2D eigenvalue weighted by molar-refractivity contribution is 0.601. The van der Waals surface area contributed by atoms with Crippen LogP contribution in [0.1, 0.15) is 27.7 Å². The van der Waals surface area contributed by atoms with Crippen molar-refractivity contribution in [1.29, 1.82) is 0 Å². The highest BCUT2D eigenvalue weighted by molar-refractivity contribution is 7.90. The van der Waals surface area contributed by atoms with Gasteiger partial charge in [0.1, 0.15) is 0 Å². The van der Waals surface area contributed by atoms with E-state index in [1.54, 1.807) is 12.1 Å². The van der Waals surface area contributed by atoms with Crippen molar-refractivity contribution >= 4 is 15.5 Å². The maximum atomic E-state index is 11.4. The first-order valence-electron chi connectivity index (χ1n) is 5.82. The fraction of sp³-hybridized carbons (Fsp3) is 0.538. The predicted molar refractivity (Wildman–Crippen MR) is 72.3 cm³/mol. The first-order chi connectivity index (χ1) is 7.73. The molecule has 17 heavy (non-hydrogen) atoms. The highest BCUT2D eigenvalue weighted by Gasteiger charge is 2.15. The van der Waals surface area contributed by atoms with Gasteiger partial charge >= 0.3 is 0 Å². The van der Waals surface area contributed by atoms with E-state index in [1.165, 1.54) is 6.26 Å². The smallest absolute Gasteiger partial charge is 0.175 e. The minimum atomic E-state index is -3.10. The molecule has 0 unspecified atom stereocenters. The van der Waals surface area contributed by atoms with E-state index in [2.05, 4.69) is 32.6 Å². The molecule has 96 valence electrons. The quantitative estimate of drug-likeness (QED) is 0.830. The Morgan fingerprint density at radius 2 is 1.35 bits per heavy atom. The maximum Gasteiger partial charge on any atom is 0.175 e. The first kappa shape index (κ1) is 14.0. The number of rotatable bonds is 4. The van der Waals surface area contributed by atoms with Gasteiger partial charge in [-0.25, -0.2) is 8.42 Å². The van der Waals surface area contributed by atoms with Crippen LogP contribution in [0.3, 0.4) is 0 Å². The molecule has 0 aliphatic carbocycles. The molecule has 0 radical (unpaired) electrons. The van der Waals surface area contributed by atoms with E-state index in [4.69, 9.17) is 0 Å². The first-order valence-corrected chi connectivity index (χ1v) is 7.71. The zero-order chi connectivity index (χ0) is 13.2. The predicted octanol–water partition coefficient (Wildman–Crippen LogP) is 2.71. The van der Waals surface area contributed by atoms with Gasteiger partial charge < -0.3 is 4.90 Å². The summed E-state index contributed by atoms with van der Waals surface area (Å²) in [6.07, 6.45) is 1.23. The number of nitrogens with zero attached hydrogens (tertiary/aromatic N) is 1. The van der Waals surface area contributed by atoms with Crippen molar-refractivity contribution in [3.8, 4) is 0 Å². The summed E-state index contributed by atoms with van der Waals surface area (Å²) in [5, 5.41) is 0. The Balaban J connectivity index is 3.09. The van der Waals surface area contributed by atoms with Gasteiger partial charge in [-0.3, -0.25) is 0 Å². The zero-order valence-corrected chi connectivity index (χ0v) is 12.0. The summed E-state index contributed by atoms with van der Waals surface area (Å²) in [6.45, 7) is 8.52. The van der Waals surface area contributed by atoms with E-state index in [-0.39, 0.29) is 0 Å². The summed E-state index contributed by atoms with van der Waals surface area (Å²) in [5.74, 6) is 0. The third kappa shape index (κ3) is 3.46. The van der Waals surface area contributed by atoms with Gasteiger partial charge in [0.2, 0.25) is 0 Å². The Bertz CT molecular complexity index is 453. The average Bonchev–Trinajstić information content (AvgIpc) is 2.15. The second kappa shape index (κ2) is 5.08. The molecule has 0 aliphatic heterocycles.